The van der Waals surface area contributed by atoms with Crippen LogP contribution in [0, 0.1) is 0 Å². The second kappa shape index (κ2) is 6.52. The molecule has 0 atom stereocenters. The van der Waals surface area contributed by atoms with Gasteiger partial charge >= 0.3 is 0 Å². The first-order valence-corrected chi connectivity index (χ1v) is 4.77. The van der Waals surface area contributed by atoms with Gasteiger partial charge in [-0.05, 0) is 26.1 Å². The monoisotopic (exact) mass is 227 g/mol. The summed E-state index contributed by atoms with van der Waals surface area (Å²) in [5.41, 5.74) is 1.85. The Labute approximate surface area is 88.9 Å². The van der Waals surface area contributed by atoms with Gasteiger partial charge in [-0.1, -0.05) is 17.2 Å². The van der Waals surface area contributed by atoms with Crippen molar-refractivity contribution in [1.29, 1.82) is 0 Å². The first-order chi connectivity index (χ1) is 6.43. The van der Waals surface area contributed by atoms with Crippen LogP contribution >= 0.6 is 11.6 Å². The number of hydrogen-bond donors (Lipinski definition) is 3. The molecule has 0 bridgehead atoms. The minimum Gasteiger partial charge on any atom is -0.395 e. The van der Waals surface area contributed by atoms with Gasteiger partial charge in [0.15, 0.2) is 0 Å². The van der Waals surface area contributed by atoms with Gasteiger partial charge in [0.05, 0.1) is 6.61 Å². The molecule has 0 spiro atoms. The molecule has 0 aliphatic carbocycles. The van der Waals surface area contributed by atoms with Gasteiger partial charge in [-0.3, -0.25) is 10.0 Å². The van der Waals surface area contributed by atoms with Crippen molar-refractivity contribution in [3.05, 3.63) is 0 Å². The lowest BCUT2D eigenvalue weighted by molar-refractivity contribution is -0.361. The number of rotatable bonds is 6. The summed E-state index contributed by atoms with van der Waals surface area (Å²) in [6.07, 6.45) is 0. The normalized spacial score (nSPS) is 12.9. The number of hydrogen-bond acceptors (Lipinski definition) is 6. The number of hydrazine groups is 2. The van der Waals surface area contributed by atoms with E-state index in [0.29, 0.717) is 5.28 Å². The summed E-state index contributed by atoms with van der Waals surface area (Å²) in [6.45, 7) is 5.85. The molecule has 6 nitrogen and oxygen atoms in total. The molecule has 0 saturated heterocycles. The van der Waals surface area contributed by atoms with E-state index in [9.17, 15) is 5.21 Å². The first kappa shape index (κ1) is 14.1. The highest BCUT2D eigenvalue weighted by Gasteiger charge is 2.26. The van der Waals surface area contributed by atoms with Crippen LogP contribution in [-0.2, 0) is 4.84 Å². The maximum absolute atomic E-state index is 9.46. The van der Waals surface area contributed by atoms with Crippen LogP contribution in [0.5, 0.6) is 0 Å². The van der Waals surface area contributed by atoms with Crippen molar-refractivity contribution in [2.45, 2.75) is 26.3 Å². The molecular weight excluding hydrogens is 210 g/mol. The van der Waals surface area contributed by atoms with Crippen molar-refractivity contribution >= 4 is 11.6 Å². The van der Waals surface area contributed by atoms with Gasteiger partial charge in [0.25, 0.3) is 0 Å². The van der Waals surface area contributed by atoms with Crippen LogP contribution in [0.2, 0.25) is 0 Å². The molecule has 0 aromatic heterocycles. The molecule has 0 saturated carbocycles. The van der Waals surface area contributed by atoms with E-state index in [1.807, 2.05) is 20.8 Å². The third kappa shape index (κ3) is 5.06. The Balaban J connectivity index is 4.18. The highest BCUT2D eigenvalue weighted by Crippen LogP contribution is 2.12. The smallest absolute Gasteiger partial charge is 0.144 e. The third-order valence-corrected chi connectivity index (χ3v) is 1.62. The molecule has 14 heavy (non-hydrogen) atoms. The SMILES string of the molecule is CC(C)(C)N(CCO)N(O)NOCCl. The number of nitrogens with one attached hydrogen (secondary N) is 1. The fourth-order valence-electron chi connectivity index (χ4n) is 0.940. The quantitative estimate of drug-likeness (QED) is 0.449. The molecule has 0 heterocycles. The molecule has 0 aliphatic heterocycles. The van der Waals surface area contributed by atoms with Crippen molar-refractivity contribution in [3.63, 3.8) is 0 Å². The summed E-state index contributed by atoms with van der Waals surface area (Å²) >= 11 is 5.25. The van der Waals surface area contributed by atoms with Crippen LogP contribution in [0.25, 0.3) is 0 Å². The van der Waals surface area contributed by atoms with Crippen molar-refractivity contribution in [2.75, 3.05) is 19.2 Å². The number of nitrogens with zero attached hydrogens (tertiary/aromatic N) is 2. The Morgan fingerprint density at radius 2 is 2.00 bits per heavy atom. The van der Waals surface area contributed by atoms with Crippen molar-refractivity contribution < 1.29 is 15.2 Å². The summed E-state index contributed by atoms with van der Waals surface area (Å²) in [6, 6.07) is -0.0891. The maximum atomic E-state index is 9.46. The molecule has 0 rings (SSSR count). The largest absolute Gasteiger partial charge is 0.395 e. The Bertz CT molecular complexity index is 154. The van der Waals surface area contributed by atoms with Gasteiger partial charge in [0.1, 0.15) is 6.07 Å². The Kier molecular flexibility index (Phi) is 6.54. The van der Waals surface area contributed by atoms with Gasteiger partial charge in [-0.2, -0.15) is 5.01 Å². The molecule has 0 radical (unpaired) electrons. The summed E-state index contributed by atoms with van der Waals surface area (Å²) in [5, 5.41) is 20.4. The molecule has 0 unspecified atom stereocenters. The lowest BCUT2D eigenvalue weighted by atomic mass is 10.1. The number of halogens is 1. The molecule has 0 amide bonds. The van der Waals surface area contributed by atoms with Gasteiger partial charge in [-0.15, -0.1) is 0 Å². The Morgan fingerprint density at radius 1 is 1.43 bits per heavy atom. The second-order valence-electron chi connectivity index (χ2n) is 3.65. The van der Waals surface area contributed by atoms with Crippen molar-refractivity contribution in [2.24, 2.45) is 0 Å². The zero-order valence-corrected chi connectivity index (χ0v) is 9.45. The van der Waals surface area contributed by atoms with Crippen LogP contribution in [0.3, 0.4) is 0 Å². The van der Waals surface area contributed by atoms with E-state index < -0.39 is 0 Å². The Morgan fingerprint density at radius 3 is 2.36 bits per heavy atom. The van der Waals surface area contributed by atoms with Crippen molar-refractivity contribution in [3.8, 4) is 0 Å². The van der Waals surface area contributed by atoms with E-state index in [-0.39, 0.29) is 24.8 Å². The molecule has 3 N–H and O–H groups in total. The lowest BCUT2D eigenvalue weighted by Crippen LogP contribution is -2.57. The standard InChI is InChI=1S/C7H18ClN3O3/c1-7(2,3)10(4-5-12)11(13)9-14-6-8/h9,12-13H,4-6H2,1-3H3. The predicted octanol–water partition coefficient (Wildman–Crippen LogP) is 0.318. The fourth-order valence-corrected chi connectivity index (χ4v) is 0.989. The number of alkyl halides is 1. The zero-order valence-electron chi connectivity index (χ0n) is 8.70. The Hall–Kier alpha value is 0.0500. The van der Waals surface area contributed by atoms with Crippen LogP contribution in [0.15, 0.2) is 0 Å². The van der Waals surface area contributed by atoms with E-state index in [2.05, 4.69) is 10.4 Å². The minimum atomic E-state index is -0.347. The van der Waals surface area contributed by atoms with Crippen LogP contribution < -0.4 is 5.59 Å². The summed E-state index contributed by atoms with van der Waals surface area (Å²) in [4.78, 5) is 4.59. The van der Waals surface area contributed by atoms with Gasteiger partial charge in [-0.25, -0.2) is 0 Å². The van der Waals surface area contributed by atoms with Crippen LogP contribution in [0.4, 0.5) is 0 Å². The van der Waals surface area contributed by atoms with Crippen molar-refractivity contribution in [1.82, 2.24) is 15.9 Å². The number of β-amino-alcohol motifs (C(OH)–C–C–N with tert-alkyl or cyclic N) is 1. The average Bonchev–Trinajstić information content (AvgIpc) is 2.08. The molecule has 0 fully saturated rings. The van der Waals surface area contributed by atoms with Gasteiger partial charge in [0, 0.05) is 12.1 Å². The molecule has 0 aromatic carbocycles. The summed E-state index contributed by atoms with van der Waals surface area (Å²) in [5.74, 6) is 0. The lowest BCUT2D eigenvalue weighted by Gasteiger charge is -2.38. The van der Waals surface area contributed by atoms with E-state index in [1.54, 1.807) is 0 Å². The van der Waals surface area contributed by atoms with E-state index >= 15 is 0 Å². The highest BCUT2D eigenvalue weighted by atomic mass is 35.5. The average molecular weight is 228 g/mol. The van der Waals surface area contributed by atoms with E-state index in [4.69, 9.17) is 16.7 Å². The molecule has 0 aromatic rings. The number of aliphatic hydroxyl groups excluding tert-OH is 1. The molecule has 7 heteroatoms. The topological polar surface area (TPSA) is 68.2 Å². The predicted molar refractivity (Wildman–Crippen MR) is 52.1 cm³/mol. The van der Waals surface area contributed by atoms with Crippen LogP contribution in [0.1, 0.15) is 20.8 Å². The van der Waals surface area contributed by atoms with Crippen LogP contribution in [-0.4, -0.2) is 45.4 Å². The zero-order chi connectivity index (χ0) is 11.2. The molecule has 0 aliphatic rings. The summed E-state index contributed by atoms with van der Waals surface area (Å²) < 4.78 is 0. The minimum absolute atomic E-state index is 0.0725. The number of aliphatic hydroxyl groups is 1. The van der Waals surface area contributed by atoms with E-state index in [1.165, 1.54) is 5.01 Å². The maximum Gasteiger partial charge on any atom is 0.144 e. The first-order valence-electron chi connectivity index (χ1n) is 4.24. The van der Waals surface area contributed by atoms with Gasteiger partial charge < -0.3 is 5.11 Å². The second-order valence-corrected chi connectivity index (χ2v) is 3.87. The fraction of sp³-hybridized carbons (Fsp3) is 1.00. The van der Waals surface area contributed by atoms with Gasteiger partial charge in [0.2, 0.25) is 0 Å². The van der Waals surface area contributed by atoms with E-state index in [0.717, 1.165) is 0 Å². The summed E-state index contributed by atoms with van der Waals surface area (Å²) in [7, 11) is 0. The molecule has 86 valence electrons. The third-order valence-electron chi connectivity index (χ3n) is 1.52. The highest BCUT2D eigenvalue weighted by molar-refractivity contribution is 6.17. The molecular formula is C7H18ClN3O3.